The number of nitrogens with one attached hydrogen (secondary N) is 1. The summed E-state index contributed by atoms with van der Waals surface area (Å²) in [4.78, 5) is 0. The van der Waals surface area contributed by atoms with E-state index >= 15 is 0 Å². The van der Waals surface area contributed by atoms with E-state index in [4.69, 9.17) is 9.15 Å². The second-order valence-corrected chi connectivity index (χ2v) is 3.49. The highest BCUT2D eigenvalue weighted by Gasteiger charge is 2.14. The monoisotopic (exact) mass is 181 g/mol. The van der Waals surface area contributed by atoms with Gasteiger partial charge in [-0.1, -0.05) is 0 Å². The molecule has 2 heterocycles. The molecule has 13 heavy (non-hydrogen) atoms. The average Bonchev–Trinajstić information content (AvgIpc) is 2.75. The molecule has 1 N–H and O–H groups in total. The van der Waals surface area contributed by atoms with Gasteiger partial charge in [-0.15, -0.1) is 0 Å². The quantitative estimate of drug-likeness (QED) is 0.762. The van der Waals surface area contributed by atoms with Crippen LogP contribution in [-0.2, 0) is 11.3 Å². The summed E-state index contributed by atoms with van der Waals surface area (Å²) in [6.45, 7) is 3.79. The zero-order valence-corrected chi connectivity index (χ0v) is 7.66. The molecule has 3 heteroatoms. The van der Waals surface area contributed by atoms with E-state index in [9.17, 15) is 0 Å². The van der Waals surface area contributed by atoms with Gasteiger partial charge in [0.05, 0.1) is 19.1 Å². The maximum absolute atomic E-state index is 5.29. The highest BCUT2D eigenvalue weighted by Crippen LogP contribution is 2.10. The summed E-state index contributed by atoms with van der Waals surface area (Å²) in [5, 5.41) is 3.39. The number of ether oxygens (including phenoxy) is 1. The van der Waals surface area contributed by atoms with Crippen molar-refractivity contribution in [3.8, 4) is 0 Å². The molecule has 1 saturated heterocycles. The predicted octanol–water partition coefficient (Wildman–Crippen LogP) is 1.41. The van der Waals surface area contributed by atoms with Crippen LogP contribution in [0.3, 0.4) is 0 Å². The van der Waals surface area contributed by atoms with E-state index in [-0.39, 0.29) is 0 Å². The van der Waals surface area contributed by atoms with Gasteiger partial charge in [-0.2, -0.15) is 0 Å². The van der Waals surface area contributed by atoms with Crippen molar-refractivity contribution in [2.24, 2.45) is 5.92 Å². The van der Waals surface area contributed by atoms with Gasteiger partial charge < -0.3 is 14.5 Å². The minimum absolute atomic E-state index is 0.701. The minimum Gasteiger partial charge on any atom is -0.472 e. The van der Waals surface area contributed by atoms with E-state index in [1.807, 2.05) is 6.07 Å². The Labute approximate surface area is 78.1 Å². The highest BCUT2D eigenvalue weighted by molar-refractivity contribution is 5.04. The fourth-order valence-corrected chi connectivity index (χ4v) is 1.56. The van der Waals surface area contributed by atoms with Crippen LogP contribution in [0.1, 0.15) is 12.0 Å². The molecule has 1 aliphatic heterocycles. The summed E-state index contributed by atoms with van der Waals surface area (Å²) < 4.78 is 10.3. The third kappa shape index (κ3) is 2.57. The summed E-state index contributed by atoms with van der Waals surface area (Å²) in [5.74, 6) is 0.701. The van der Waals surface area contributed by atoms with Crippen molar-refractivity contribution in [2.45, 2.75) is 13.0 Å². The van der Waals surface area contributed by atoms with Gasteiger partial charge in [0.2, 0.25) is 0 Å². The first kappa shape index (κ1) is 8.78. The molecule has 2 rings (SSSR count). The summed E-state index contributed by atoms with van der Waals surface area (Å²) in [6.07, 6.45) is 4.67. The second kappa shape index (κ2) is 4.44. The Morgan fingerprint density at radius 3 is 3.23 bits per heavy atom. The van der Waals surface area contributed by atoms with E-state index in [1.54, 1.807) is 12.5 Å². The largest absolute Gasteiger partial charge is 0.472 e. The average molecular weight is 181 g/mol. The Hall–Kier alpha value is -0.800. The molecule has 72 valence electrons. The maximum Gasteiger partial charge on any atom is 0.0947 e. The molecule has 0 saturated carbocycles. The van der Waals surface area contributed by atoms with Gasteiger partial charge in [0.25, 0.3) is 0 Å². The van der Waals surface area contributed by atoms with Crippen molar-refractivity contribution in [1.29, 1.82) is 0 Å². The van der Waals surface area contributed by atoms with Crippen molar-refractivity contribution in [2.75, 3.05) is 19.8 Å². The summed E-state index contributed by atoms with van der Waals surface area (Å²) in [6, 6.07) is 1.98. The summed E-state index contributed by atoms with van der Waals surface area (Å²) in [5.41, 5.74) is 1.21. The van der Waals surface area contributed by atoms with Crippen LogP contribution in [0, 0.1) is 5.92 Å². The van der Waals surface area contributed by atoms with Crippen molar-refractivity contribution >= 4 is 0 Å². The SMILES string of the molecule is c1cc(CNCC2CCOC2)co1. The smallest absolute Gasteiger partial charge is 0.0947 e. The molecule has 0 aliphatic carbocycles. The van der Waals surface area contributed by atoms with Gasteiger partial charge >= 0.3 is 0 Å². The normalized spacial score (nSPS) is 22.3. The van der Waals surface area contributed by atoms with Gasteiger partial charge in [-0.05, 0) is 18.4 Å². The molecule has 1 aromatic heterocycles. The first-order valence-electron chi connectivity index (χ1n) is 4.74. The van der Waals surface area contributed by atoms with Crippen molar-refractivity contribution in [1.82, 2.24) is 5.32 Å². The molecule has 0 spiro atoms. The van der Waals surface area contributed by atoms with E-state index in [0.717, 1.165) is 26.3 Å². The van der Waals surface area contributed by atoms with Gasteiger partial charge in [-0.3, -0.25) is 0 Å². The van der Waals surface area contributed by atoms with Crippen molar-refractivity contribution < 1.29 is 9.15 Å². The molecule has 1 aromatic rings. The van der Waals surface area contributed by atoms with E-state index in [0.29, 0.717) is 5.92 Å². The molecule has 3 nitrogen and oxygen atoms in total. The summed E-state index contributed by atoms with van der Waals surface area (Å²) in [7, 11) is 0. The Bertz CT molecular complexity index is 227. The first-order chi connectivity index (χ1) is 6.45. The van der Waals surface area contributed by atoms with Crippen LogP contribution in [0.5, 0.6) is 0 Å². The zero-order chi connectivity index (χ0) is 8.93. The Kier molecular flexibility index (Phi) is 3.00. The molecule has 1 atom stereocenters. The van der Waals surface area contributed by atoms with Gasteiger partial charge in [-0.25, -0.2) is 0 Å². The molecule has 0 amide bonds. The Morgan fingerprint density at radius 2 is 2.54 bits per heavy atom. The molecule has 0 radical (unpaired) electrons. The highest BCUT2D eigenvalue weighted by atomic mass is 16.5. The molecule has 0 aromatic carbocycles. The topological polar surface area (TPSA) is 34.4 Å². The van der Waals surface area contributed by atoms with Crippen molar-refractivity contribution in [3.05, 3.63) is 24.2 Å². The number of rotatable bonds is 4. The lowest BCUT2D eigenvalue weighted by atomic mass is 10.1. The standard InChI is InChI=1S/C10H15NO2/c1-3-12-7-9(1)5-11-6-10-2-4-13-8-10/h1,3,7,10-11H,2,4-6,8H2. The molecular weight excluding hydrogens is 166 g/mol. The molecule has 1 aliphatic rings. The third-order valence-corrected chi connectivity index (χ3v) is 2.37. The zero-order valence-electron chi connectivity index (χ0n) is 7.66. The molecule has 0 bridgehead atoms. The van der Waals surface area contributed by atoms with Gasteiger partial charge in [0, 0.05) is 25.3 Å². The number of hydrogen-bond donors (Lipinski definition) is 1. The third-order valence-electron chi connectivity index (χ3n) is 2.37. The van der Waals surface area contributed by atoms with E-state index < -0.39 is 0 Å². The van der Waals surface area contributed by atoms with Crippen LogP contribution in [0.15, 0.2) is 23.0 Å². The fraction of sp³-hybridized carbons (Fsp3) is 0.600. The van der Waals surface area contributed by atoms with Gasteiger partial charge in [0.15, 0.2) is 0 Å². The van der Waals surface area contributed by atoms with Crippen LogP contribution in [-0.4, -0.2) is 19.8 Å². The molecule has 1 fully saturated rings. The lowest BCUT2D eigenvalue weighted by Crippen LogP contribution is -2.22. The van der Waals surface area contributed by atoms with Crippen LogP contribution in [0.25, 0.3) is 0 Å². The summed E-state index contributed by atoms with van der Waals surface area (Å²) >= 11 is 0. The van der Waals surface area contributed by atoms with Crippen molar-refractivity contribution in [3.63, 3.8) is 0 Å². The molecular formula is C10H15NO2. The first-order valence-corrected chi connectivity index (χ1v) is 4.74. The minimum atomic E-state index is 0.701. The lowest BCUT2D eigenvalue weighted by molar-refractivity contribution is 0.185. The van der Waals surface area contributed by atoms with Gasteiger partial charge in [0.1, 0.15) is 0 Å². The second-order valence-electron chi connectivity index (χ2n) is 3.49. The van der Waals surface area contributed by atoms with Crippen LogP contribution in [0.2, 0.25) is 0 Å². The molecule has 1 unspecified atom stereocenters. The van der Waals surface area contributed by atoms with E-state index in [2.05, 4.69) is 5.32 Å². The fourth-order valence-electron chi connectivity index (χ4n) is 1.56. The Balaban J connectivity index is 1.63. The van der Waals surface area contributed by atoms with Crippen LogP contribution in [0.4, 0.5) is 0 Å². The Morgan fingerprint density at radius 1 is 1.54 bits per heavy atom. The number of furan rings is 1. The maximum atomic E-state index is 5.29. The van der Waals surface area contributed by atoms with Crippen LogP contribution < -0.4 is 5.32 Å². The lowest BCUT2D eigenvalue weighted by Gasteiger charge is -2.07. The van der Waals surface area contributed by atoms with E-state index in [1.165, 1.54) is 12.0 Å². The van der Waals surface area contributed by atoms with Crippen LogP contribution >= 0.6 is 0 Å². The predicted molar refractivity (Wildman–Crippen MR) is 49.3 cm³/mol. The number of hydrogen-bond acceptors (Lipinski definition) is 3.